The first-order valence-corrected chi connectivity index (χ1v) is 12.1. The standard InChI is InChI=1S/C27H44O2/c1-19-10-13-23(28)18-22(19)12-11-21-9-7-17-27(5)24(14-15-25(21)27)20(2)8-6-16-26(3,4)29/h11-12,20,23-25,28-29H,1,6-10,13-18H2,2-5H3/b21-11+,22-12+/t20-,23+,24?,25?,27-/m1/s1. The summed E-state index contributed by atoms with van der Waals surface area (Å²) in [5.41, 5.74) is 4.02. The molecule has 3 saturated carbocycles. The molecular weight excluding hydrogens is 356 g/mol. The molecule has 0 saturated heterocycles. The maximum absolute atomic E-state index is 10.0. The van der Waals surface area contributed by atoms with Crippen molar-refractivity contribution in [3.05, 3.63) is 35.5 Å². The Hall–Kier alpha value is -0.860. The predicted octanol–water partition coefficient (Wildman–Crippen LogP) is 6.73. The summed E-state index contributed by atoms with van der Waals surface area (Å²) in [6.07, 6.45) is 16.9. The van der Waals surface area contributed by atoms with Crippen LogP contribution in [0.15, 0.2) is 35.5 Å². The monoisotopic (exact) mass is 400 g/mol. The second-order valence-electron chi connectivity index (χ2n) is 11.2. The van der Waals surface area contributed by atoms with Gasteiger partial charge in [-0.15, -0.1) is 0 Å². The minimum atomic E-state index is -0.535. The van der Waals surface area contributed by atoms with Crippen LogP contribution in [-0.4, -0.2) is 21.9 Å². The second kappa shape index (κ2) is 9.10. The fourth-order valence-corrected chi connectivity index (χ4v) is 6.67. The molecule has 2 N–H and O–H groups in total. The summed E-state index contributed by atoms with van der Waals surface area (Å²) in [6, 6.07) is 0. The van der Waals surface area contributed by atoms with Crippen molar-refractivity contribution in [3.63, 3.8) is 0 Å². The first-order valence-electron chi connectivity index (χ1n) is 12.1. The molecule has 2 heteroatoms. The smallest absolute Gasteiger partial charge is 0.0591 e. The molecule has 0 aromatic heterocycles. The van der Waals surface area contributed by atoms with E-state index in [1.54, 1.807) is 5.57 Å². The highest BCUT2D eigenvalue weighted by Gasteiger charge is 2.50. The number of aliphatic hydroxyl groups excluding tert-OH is 1. The van der Waals surface area contributed by atoms with Crippen molar-refractivity contribution >= 4 is 0 Å². The van der Waals surface area contributed by atoms with Crippen molar-refractivity contribution < 1.29 is 10.2 Å². The molecule has 3 rings (SSSR count). The van der Waals surface area contributed by atoms with Gasteiger partial charge in [-0.25, -0.2) is 0 Å². The number of hydrogen-bond acceptors (Lipinski definition) is 2. The summed E-state index contributed by atoms with van der Waals surface area (Å²) in [6.45, 7) is 13.1. The molecule has 3 aliphatic rings. The molecule has 0 heterocycles. The van der Waals surface area contributed by atoms with Crippen LogP contribution in [0.25, 0.3) is 0 Å². The number of rotatable bonds is 6. The minimum Gasteiger partial charge on any atom is -0.393 e. The fourth-order valence-electron chi connectivity index (χ4n) is 6.67. The third-order valence-corrected chi connectivity index (χ3v) is 8.36. The van der Waals surface area contributed by atoms with E-state index in [0.717, 1.165) is 49.9 Å². The molecule has 2 nitrogen and oxygen atoms in total. The average molecular weight is 401 g/mol. The van der Waals surface area contributed by atoms with E-state index in [2.05, 4.69) is 32.6 Å². The summed E-state index contributed by atoms with van der Waals surface area (Å²) in [5, 5.41) is 20.1. The Morgan fingerprint density at radius 1 is 1.21 bits per heavy atom. The first-order chi connectivity index (χ1) is 13.6. The zero-order valence-corrected chi connectivity index (χ0v) is 19.3. The highest BCUT2D eigenvalue weighted by atomic mass is 16.3. The van der Waals surface area contributed by atoms with E-state index in [-0.39, 0.29) is 6.10 Å². The van der Waals surface area contributed by atoms with E-state index in [4.69, 9.17) is 0 Å². The second-order valence-corrected chi connectivity index (χ2v) is 11.2. The molecule has 3 fully saturated rings. The summed E-state index contributed by atoms with van der Waals surface area (Å²) in [7, 11) is 0. The Morgan fingerprint density at radius 2 is 1.97 bits per heavy atom. The van der Waals surface area contributed by atoms with Crippen LogP contribution in [0.2, 0.25) is 0 Å². The molecule has 0 amide bonds. The lowest BCUT2D eigenvalue weighted by Gasteiger charge is -2.44. The van der Waals surface area contributed by atoms with Gasteiger partial charge in [-0.1, -0.05) is 56.6 Å². The number of allylic oxidation sites excluding steroid dienone is 4. The van der Waals surface area contributed by atoms with E-state index in [1.807, 2.05) is 13.8 Å². The average Bonchev–Trinajstić information content (AvgIpc) is 2.99. The number of hydrogen-bond donors (Lipinski definition) is 2. The van der Waals surface area contributed by atoms with E-state index < -0.39 is 5.60 Å². The predicted molar refractivity (Wildman–Crippen MR) is 123 cm³/mol. The summed E-state index contributed by atoms with van der Waals surface area (Å²) in [5.74, 6) is 2.26. The Balaban J connectivity index is 1.68. The number of aliphatic hydroxyl groups is 2. The maximum Gasteiger partial charge on any atom is 0.0591 e. The molecule has 2 unspecified atom stereocenters. The first kappa shape index (κ1) is 22.8. The molecule has 0 aromatic rings. The van der Waals surface area contributed by atoms with Gasteiger partial charge < -0.3 is 10.2 Å². The molecule has 0 radical (unpaired) electrons. The van der Waals surface area contributed by atoms with Gasteiger partial charge in [0.1, 0.15) is 0 Å². The summed E-state index contributed by atoms with van der Waals surface area (Å²) in [4.78, 5) is 0. The van der Waals surface area contributed by atoms with Gasteiger partial charge in [-0.3, -0.25) is 0 Å². The van der Waals surface area contributed by atoms with Crippen molar-refractivity contribution in [2.45, 2.75) is 110 Å². The van der Waals surface area contributed by atoms with Crippen molar-refractivity contribution in [1.82, 2.24) is 0 Å². The minimum absolute atomic E-state index is 0.192. The molecule has 3 aliphatic carbocycles. The lowest BCUT2D eigenvalue weighted by Crippen LogP contribution is -2.36. The van der Waals surface area contributed by atoms with E-state index in [0.29, 0.717) is 5.41 Å². The summed E-state index contributed by atoms with van der Waals surface area (Å²) >= 11 is 0. The summed E-state index contributed by atoms with van der Waals surface area (Å²) < 4.78 is 0. The van der Waals surface area contributed by atoms with Gasteiger partial charge >= 0.3 is 0 Å². The zero-order chi connectivity index (χ0) is 21.2. The Morgan fingerprint density at radius 3 is 2.69 bits per heavy atom. The van der Waals surface area contributed by atoms with Gasteiger partial charge in [0, 0.05) is 0 Å². The molecule has 0 aromatic carbocycles. The largest absolute Gasteiger partial charge is 0.393 e. The topological polar surface area (TPSA) is 40.5 Å². The molecule has 164 valence electrons. The van der Waals surface area contributed by atoms with Crippen molar-refractivity contribution in [2.24, 2.45) is 23.2 Å². The fraction of sp³-hybridized carbons (Fsp3) is 0.778. The van der Waals surface area contributed by atoms with Crippen molar-refractivity contribution in [1.29, 1.82) is 0 Å². The SMILES string of the molecule is C=C1CC[C@H](O)C/C1=C\C=C1/CCC[C@@]2(C)C1CCC2[C@H](C)CCCC(C)(C)O. The van der Waals surface area contributed by atoms with Crippen molar-refractivity contribution in [3.8, 4) is 0 Å². The van der Waals surface area contributed by atoms with E-state index in [1.165, 1.54) is 49.7 Å². The Bertz CT molecular complexity index is 650. The van der Waals surface area contributed by atoms with Crippen LogP contribution in [0.4, 0.5) is 0 Å². The third-order valence-electron chi connectivity index (χ3n) is 8.36. The Labute approximate surface area is 179 Å². The maximum atomic E-state index is 10.0. The van der Waals surface area contributed by atoms with Crippen LogP contribution >= 0.6 is 0 Å². The van der Waals surface area contributed by atoms with E-state index >= 15 is 0 Å². The van der Waals surface area contributed by atoms with Crippen LogP contribution in [-0.2, 0) is 0 Å². The Kier molecular flexibility index (Phi) is 7.16. The van der Waals surface area contributed by atoms with Crippen LogP contribution in [0.5, 0.6) is 0 Å². The normalized spacial score (nSPS) is 37.2. The van der Waals surface area contributed by atoms with Gasteiger partial charge in [-0.05, 0) is 100 Å². The molecule has 0 aliphatic heterocycles. The molecule has 0 spiro atoms. The lowest BCUT2D eigenvalue weighted by molar-refractivity contribution is 0.0596. The highest BCUT2D eigenvalue weighted by Crippen LogP contribution is 2.60. The molecule has 0 bridgehead atoms. The molecule has 29 heavy (non-hydrogen) atoms. The van der Waals surface area contributed by atoms with Crippen LogP contribution in [0.1, 0.15) is 98.3 Å². The number of fused-ring (bicyclic) bond motifs is 1. The van der Waals surface area contributed by atoms with Gasteiger partial charge in [0.15, 0.2) is 0 Å². The highest BCUT2D eigenvalue weighted by molar-refractivity contribution is 5.36. The quantitative estimate of drug-likeness (QED) is 0.518. The van der Waals surface area contributed by atoms with Gasteiger partial charge in [0.25, 0.3) is 0 Å². The van der Waals surface area contributed by atoms with Gasteiger partial charge in [-0.2, -0.15) is 0 Å². The van der Waals surface area contributed by atoms with E-state index in [9.17, 15) is 10.2 Å². The molecule has 5 atom stereocenters. The lowest BCUT2D eigenvalue weighted by atomic mass is 9.60. The molecular formula is C27H44O2. The van der Waals surface area contributed by atoms with Crippen molar-refractivity contribution in [2.75, 3.05) is 0 Å². The third kappa shape index (κ3) is 5.44. The zero-order valence-electron chi connectivity index (χ0n) is 19.3. The van der Waals surface area contributed by atoms with Gasteiger partial charge in [0.2, 0.25) is 0 Å². The van der Waals surface area contributed by atoms with Crippen LogP contribution < -0.4 is 0 Å². The van der Waals surface area contributed by atoms with Gasteiger partial charge in [0.05, 0.1) is 11.7 Å². The van der Waals surface area contributed by atoms with Crippen LogP contribution in [0, 0.1) is 23.2 Å². The van der Waals surface area contributed by atoms with Crippen LogP contribution in [0.3, 0.4) is 0 Å².